The van der Waals surface area contributed by atoms with Gasteiger partial charge in [-0.05, 0) is 41.4 Å². The summed E-state index contributed by atoms with van der Waals surface area (Å²) in [6.07, 6.45) is 2.27. The topological polar surface area (TPSA) is 20.2 Å². The summed E-state index contributed by atoms with van der Waals surface area (Å²) < 4.78 is 0. The summed E-state index contributed by atoms with van der Waals surface area (Å²) in [7, 11) is 0. The Morgan fingerprint density at radius 1 is 1.00 bits per heavy atom. The lowest BCUT2D eigenvalue weighted by Crippen LogP contribution is -2.27. The Morgan fingerprint density at radius 3 is 1.88 bits per heavy atom. The van der Waals surface area contributed by atoms with Crippen LogP contribution in [0.2, 0.25) is 0 Å². The number of phenols is 1. The second kappa shape index (κ2) is 4.48. The molecule has 1 aromatic carbocycles. The Morgan fingerprint density at radius 2 is 1.50 bits per heavy atom. The van der Waals surface area contributed by atoms with E-state index in [1.54, 1.807) is 12.1 Å². The molecule has 0 spiro atoms. The molecule has 0 aliphatic carbocycles. The van der Waals surface area contributed by atoms with E-state index >= 15 is 0 Å². The number of phenolic OH excluding ortho intramolecular Hbond substituents is 1. The highest BCUT2D eigenvalue weighted by molar-refractivity contribution is 5.31. The smallest absolute Gasteiger partial charge is 0.115 e. The number of hydrogen-bond acceptors (Lipinski definition) is 1. The van der Waals surface area contributed by atoms with E-state index in [1.165, 1.54) is 5.56 Å². The molecule has 0 bridgehead atoms. The van der Waals surface area contributed by atoms with Gasteiger partial charge < -0.3 is 5.11 Å². The van der Waals surface area contributed by atoms with Crippen molar-refractivity contribution in [1.82, 2.24) is 0 Å². The summed E-state index contributed by atoms with van der Waals surface area (Å²) in [5.41, 5.74) is 1.84. The van der Waals surface area contributed by atoms with Gasteiger partial charge in [0.2, 0.25) is 0 Å². The van der Waals surface area contributed by atoms with Crippen LogP contribution < -0.4 is 0 Å². The highest BCUT2D eigenvalue weighted by Gasteiger charge is 2.29. The van der Waals surface area contributed by atoms with Crippen LogP contribution in [0.15, 0.2) is 24.3 Å². The first kappa shape index (κ1) is 13.1. The lowest BCUT2D eigenvalue weighted by atomic mass is 9.69. The van der Waals surface area contributed by atoms with Gasteiger partial charge in [0.05, 0.1) is 0 Å². The molecule has 1 heteroatoms. The molecule has 1 aromatic rings. The second-order valence-corrected chi connectivity index (χ2v) is 6.20. The van der Waals surface area contributed by atoms with Gasteiger partial charge in [0.15, 0.2) is 0 Å². The standard InChI is InChI=1S/C15H24O/c1-6-15(5,11-14(2,3)4)12-7-9-13(16)10-8-12/h7-10,16H,6,11H2,1-5H3. The molecule has 0 aromatic heterocycles. The Bertz CT molecular complexity index is 331. The summed E-state index contributed by atoms with van der Waals surface area (Å²) in [5.74, 6) is 0.345. The molecule has 1 nitrogen and oxygen atoms in total. The van der Waals surface area contributed by atoms with Gasteiger partial charge in [-0.25, -0.2) is 0 Å². The summed E-state index contributed by atoms with van der Waals surface area (Å²) in [6.45, 7) is 11.4. The lowest BCUT2D eigenvalue weighted by molar-refractivity contribution is 0.261. The quantitative estimate of drug-likeness (QED) is 0.795. The van der Waals surface area contributed by atoms with E-state index in [0.29, 0.717) is 11.2 Å². The Kier molecular flexibility index (Phi) is 3.67. The maximum atomic E-state index is 9.33. The van der Waals surface area contributed by atoms with Crippen molar-refractivity contribution in [2.45, 2.75) is 52.9 Å². The Hall–Kier alpha value is -0.980. The monoisotopic (exact) mass is 220 g/mol. The van der Waals surface area contributed by atoms with Crippen molar-refractivity contribution in [3.05, 3.63) is 29.8 Å². The first-order valence-corrected chi connectivity index (χ1v) is 6.06. The fraction of sp³-hybridized carbons (Fsp3) is 0.600. The van der Waals surface area contributed by atoms with Crippen molar-refractivity contribution < 1.29 is 5.11 Å². The molecule has 1 rings (SSSR count). The van der Waals surface area contributed by atoms with Gasteiger partial charge in [-0.3, -0.25) is 0 Å². The largest absolute Gasteiger partial charge is 0.508 e. The van der Waals surface area contributed by atoms with E-state index in [2.05, 4.69) is 34.6 Å². The molecule has 0 amide bonds. The third-order valence-electron chi connectivity index (χ3n) is 3.27. The maximum absolute atomic E-state index is 9.33. The normalized spacial score (nSPS) is 15.8. The number of aromatic hydroxyl groups is 1. The van der Waals surface area contributed by atoms with Gasteiger partial charge in [-0.2, -0.15) is 0 Å². The zero-order valence-corrected chi connectivity index (χ0v) is 11.2. The third kappa shape index (κ3) is 3.26. The minimum atomic E-state index is 0.200. The molecule has 0 aliphatic heterocycles. The van der Waals surface area contributed by atoms with Crippen LogP contribution in [0.5, 0.6) is 5.75 Å². The predicted octanol–water partition coefficient (Wildman–Crippen LogP) is 4.50. The van der Waals surface area contributed by atoms with E-state index < -0.39 is 0 Å². The highest BCUT2D eigenvalue weighted by atomic mass is 16.3. The molecular formula is C15H24O. The van der Waals surface area contributed by atoms with Gasteiger partial charge >= 0.3 is 0 Å². The summed E-state index contributed by atoms with van der Waals surface area (Å²) in [6, 6.07) is 7.66. The van der Waals surface area contributed by atoms with Gasteiger partial charge in [0, 0.05) is 0 Å². The van der Waals surface area contributed by atoms with Crippen LogP contribution in [-0.2, 0) is 5.41 Å². The van der Waals surface area contributed by atoms with Gasteiger partial charge in [0.1, 0.15) is 5.75 Å². The van der Waals surface area contributed by atoms with Crippen molar-refractivity contribution in [2.24, 2.45) is 5.41 Å². The van der Waals surface area contributed by atoms with Crippen LogP contribution in [0.1, 0.15) is 53.0 Å². The molecule has 1 atom stereocenters. The van der Waals surface area contributed by atoms with E-state index in [-0.39, 0.29) is 5.41 Å². The zero-order chi connectivity index (χ0) is 12.4. The van der Waals surface area contributed by atoms with Gasteiger partial charge in [0.25, 0.3) is 0 Å². The number of benzene rings is 1. The SMILES string of the molecule is CCC(C)(CC(C)(C)C)c1ccc(O)cc1. The van der Waals surface area contributed by atoms with E-state index in [9.17, 15) is 5.11 Å². The first-order chi connectivity index (χ1) is 7.27. The van der Waals surface area contributed by atoms with Crippen LogP contribution in [0, 0.1) is 5.41 Å². The Labute approximate surface area is 99.5 Å². The third-order valence-corrected chi connectivity index (χ3v) is 3.27. The Balaban J connectivity index is 3.00. The van der Waals surface area contributed by atoms with Crippen molar-refractivity contribution in [3.63, 3.8) is 0 Å². The molecule has 0 radical (unpaired) electrons. The maximum Gasteiger partial charge on any atom is 0.115 e. The average Bonchev–Trinajstić information content (AvgIpc) is 2.16. The molecule has 90 valence electrons. The van der Waals surface area contributed by atoms with Crippen molar-refractivity contribution in [1.29, 1.82) is 0 Å². The summed E-state index contributed by atoms with van der Waals surface area (Å²) in [5, 5.41) is 9.33. The lowest BCUT2D eigenvalue weighted by Gasteiger charge is -2.35. The molecule has 1 N–H and O–H groups in total. The minimum absolute atomic E-state index is 0.200. The van der Waals surface area contributed by atoms with Crippen molar-refractivity contribution in [2.75, 3.05) is 0 Å². The number of rotatable bonds is 3. The molecule has 0 heterocycles. The van der Waals surface area contributed by atoms with Crippen LogP contribution in [0.25, 0.3) is 0 Å². The van der Waals surface area contributed by atoms with Gasteiger partial charge in [-0.15, -0.1) is 0 Å². The highest BCUT2D eigenvalue weighted by Crippen LogP contribution is 2.39. The fourth-order valence-corrected chi connectivity index (χ4v) is 2.47. The van der Waals surface area contributed by atoms with E-state index in [0.717, 1.165) is 12.8 Å². The first-order valence-electron chi connectivity index (χ1n) is 6.06. The van der Waals surface area contributed by atoms with Crippen molar-refractivity contribution >= 4 is 0 Å². The van der Waals surface area contributed by atoms with Crippen LogP contribution in [-0.4, -0.2) is 5.11 Å². The number of hydrogen-bond donors (Lipinski definition) is 1. The molecule has 0 saturated carbocycles. The molecule has 0 fully saturated rings. The minimum Gasteiger partial charge on any atom is -0.508 e. The molecule has 0 aliphatic rings. The average molecular weight is 220 g/mol. The molecular weight excluding hydrogens is 196 g/mol. The van der Waals surface area contributed by atoms with E-state index in [1.807, 2.05) is 12.1 Å². The van der Waals surface area contributed by atoms with Crippen LogP contribution in [0.3, 0.4) is 0 Å². The summed E-state index contributed by atoms with van der Waals surface area (Å²) in [4.78, 5) is 0. The van der Waals surface area contributed by atoms with E-state index in [4.69, 9.17) is 0 Å². The molecule has 1 unspecified atom stereocenters. The van der Waals surface area contributed by atoms with Crippen LogP contribution in [0.4, 0.5) is 0 Å². The molecule has 16 heavy (non-hydrogen) atoms. The molecule has 0 saturated heterocycles. The fourth-order valence-electron chi connectivity index (χ4n) is 2.47. The van der Waals surface area contributed by atoms with Crippen LogP contribution >= 0.6 is 0 Å². The zero-order valence-electron chi connectivity index (χ0n) is 11.2. The summed E-state index contributed by atoms with van der Waals surface area (Å²) >= 11 is 0. The van der Waals surface area contributed by atoms with Gasteiger partial charge in [-0.1, -0.05) is 46.8 Å². The van der Waals surface area contributed by atoms with Crippen molar-refractivity contribution in [3.8, 4) is 5.75 Å². The second-order valence-electron chi connectivity index (χ2n) is 6.20. The predicted molar refractivity (Wildman–Crippen MR) is 69.8 cm³/mol.